The number of nitrogens with zero attached hydrogens (tertiary/aromatic N) is 1. The molecule has 0 aliphatic carbocycles. The van der Waals surface area contributed by atoms with Crippen molar-refractivity contribution in [3.63, 3.8) is 0 Å². The first-order valence-electron chi connectivity index (χ1n) is 11.6. The first kappa shape index (κ1) is 23.5. The van der Waals surface area contributed by atoms with E-state index in [0.29, 0.717) is 23.2 Å². The molecule has 3 aromatic rings. The van der Waals surface area contributed by atoms with Crippen LogP contribution >= 0.6 is 0 Å². The first-order valence-corrected chi connectivity index (χ1v) is 11.6. The van der Waals surface area contributed by atoms with Crippen molar-refractivity contribution in [1.82, 2.24) is 4.90 Å². The van der Waals surface area contributed by atoms with Gasteiger partial charge in [0, 0.05) is 17.6 Å². The Hall–Kier alpha value is -3.64. The van der Waals surface area contributed by atoms with E-state index in [-0.39, 0.29) is 6.10 Å². The topological polar surface area (TPSA) is 92.9 Å². The highest BCUT2D eigenvalue weighted by atomic mass is 16.5. The number of nitrogens with two attached hydrogens (primary N) is 1. The molecule has 3 N–H and O–H groups in total. The largest absolute Gasteiger partial charge is 0.490 e. The van der Waals surface area contributed by atoms with E-state index in [9.17, 15) is 9.59 Å². The third-order valence-corrected chi connectivity index (χ3v) is 6.72. The Morgan fingerprint density at radius 2 is 1.47 bits per heavy atom. The average molecular weight is 459 g/mol. The number of primary amides is 1. The number of benzene rings is 3. The Labute approximate surface area is 200 Å². The van der Waals surface area contributed by atoms with Crippen molar-refractivity contribution in [3.8, 4) is 16.9 Å². The van der Waals surface area contributed by atoms with Crippen molar-refractivity contribution >= 4 is 11.9 Å². The zero-order chi connectivity index (χ0) is 24.1. The van der Waals surface area contributed by atoms with Gasteiger partial charge in [-0.2, -0.15) is 0 Å². The van der Waals surface area contributed by atoms with Crippen LogP contribution in [0.25, 0.3) is 11.1 Å². The number of fused-ring (bicyclic) bond motifs is 2. The van der Waals surface area contributed by atoms with Crippen molar-refractivity contribution < 1.29 is 19.4 Å². The fourth-order valence-corrected chi connectivity index (χ4v) is 4.81. The highest BCUT2D eigenvalue weighted by Crippen LogP contribution is 2.36. The first-order chi connectivity index (χ1) is 16.4. The minimum absolute atomic E-state index is 0.261. The molecule has 0 aromatic heterocycles. The van der Waals surface area contributed by atoms with E-state index in [0.717, 1.165) is 29.7 Å². The smallest absolute Gasteiger partial charge is 0.335 e. The zero-order valence-corrected chi connectivity index (χ0v) is 19.3. The number of amides is 1. The van der Waals surface area contributed by atoms with Crippen LogP contribution in [0.3, 0.4) is 0 Å². The maximum Gasteiger partial charge on any atom is 0.335 e. The monoisotopic (exact) mass is 458 g/mol. The van der Waals surface area contributed by atoms with E-state index in [1.807, 2.05) is 54.6 Å². The van der Waals surface area contributed by atoms with Gasteiger partial charge in [-0.05, 0) is 74.2 Å². The van der Waals surface area contributed by atoms with Gasteiger partial charge in [0.2, 0.25) is 5.91 Å². The summed E-state index contributed by atoms with van der Waals surface area (Å²) in [6.07, 6.45) is 4.98. The third kappa shape index (κ3) is 5.64. The summed E-state index contributed by atoms with van der Waals surface area (Å²) < 4.78 is 6.04. The van der Waals surface area contributed by atoms with E-state index in [4.69, 9.17) is 15.6 Å². The lowest BCUT2D eigenvalue weighted by Crippen LogP contribution is -2.43. The number of ether oxygens (including phenoxy) is 1. The molecule has 176 valence electrons. The van der Waals surface area contributed by atoms with E-state index in [1.54, 1.807) is 24.3 Å². The van der Waals surface area contributed by atoms with Gasteiger partial charge in [0.05, 0.1) is 5.56 Å². The molecule has 6 nitrogen and oxygen atoms in total. The number of carbonyl (C=O) groups is 2. The van der Waals surface area contributed by atoms with Gasteiger partial charge in [-0.1, -0.05) is 48.5 Å². The number of rotatable bonds is 5. The molecule has 0 unspecified atom stereocenters. The Morgan fingerprint density at radius 1 is 0.853 bits per heavy atom. The summed E-state index contributed by atoms with van der Waals surface area (Å²) in [5, 5.41) is 8.75. The molecule has 2 saturated heterocycles. The summed E-state index contributed by atoms with van der Waals surface area (Å²) in [6.45, 7) is 0. The van der Waals surface area contributed by atoms with Gasteiger partial charge in [-0.15, -0.1) is 0 Å². The standard InChI is InChI=1S/C15H20N2O2.C13H10O2/c1-17-11-5-6-12(17)9-14(8-11)19-13-4-2-3-10(7-13)15(16)18;14-13(15)12-8-6-11(7-9-12)10-4-2-1-3-5-10/h2-4,7,11-12,14H,5-6,8-9H2,1H3,(H2,16,18);1-9H,(H,14,15)/t11-,12+,14-;. The predicted molar refractivity (Wildman–Crippen MR) is 132 cm³/mol. The Kier molecular flexibility index (Phi) is 7.28. The predicted octanol–water partition coefficient (Wildman–Crippen LogP) is 4.84. The summed E-state index contributed by atoms with van der Waals surface area (Å²) in [5.74, 6) is -0.547. The van der Waals surface area contributed by atoms with Crippen LogP contribution in [0.1, 0.15) is 46.4 Å². The molecule has 34 heavy (non-hydrogen) atoms. The molecule has 6 heteroatoms. The summed E-state index contributed by atoms with van der Waals surface area (Å²) in [7, 11) is 2.21. The molecule has 1 amide bonds. The number of carboxylic acids is 1. The fourth-order valence-electron chi connectivity index (χ4n) is 4.81. The van der Waals surface area contributed by atoms with Crippen LogP contribution in [0.15, 0.2) is 78.9 Å². The second-order valence-electron chi connectivity index (χ2n) is 8.90. The summed E-state index contributed by atoms with van der Waals surface area (Å²) in [4.78, 5) is 24.3. The second-order valence-corrected chi connectivity index (χ2v) is 8.90. The number of carbonyl (C=O) groups excluding carboxylic acids is 1. The van der Waals surface area contributed by atoms with E-state index in [1.165, 1.54) is 12.8 Å². The summed E-state index contributed by atoms with van der Waals surface area (Å²) in [6, 6.07) is 25.2. The van der Waals surface area contributed by atoms with Crippen molar-refractivity contribution in [1.29, 1.82) is 0 Å². The molecule has 2 aliphatic heterocycles. The zero-order valence-electron chi connectivity index (χ0n) is 19.3. The highest BCUT2D eigenvalue weighted by molar-refractivity contribution is 5.93. The normalized spacial score (nSPS) is 21.3. The third-order valence-electron chi connectivity index (χ3n) is 6.72. The molecule has 2 heterocycles. The van der Waals surface area contributed by atoms with Crippen molar-refractivity contribution in [3.05, 3.63) is 90.0 Å². The molecule has 0 saturated carbocycles. The van der Waals surface area contributed by atoms with Crippen molar-refractivity contribution in [2.75, 3.05) is 7.05 Å². The van der Waals surface area contributed by atoms with Gasteiger partial charge in [0.1, 0.15) is 11.9 Å². The molecule has 2 aliphatic rings. The minimum atomic E-state index is -0.894. The lowest BCUT2D eigenvalue weighted by molar-refractivity contribution is 0.0660. The van der Waals surface area contributed by atoms with Gasteiger partial charge in [0.25, 0.3) is 0 Å². The number of hydrogen-bond donors (Lipinski definition) is 2. The van der Waals surface area contributed by atoms with Crippen LogP contribution in [-0.2, 0) is 0 Å². The lowest BCUT2D eigenvalue weighted by atomic mass is 10.0. The van der Waals surface area contributed by atoms with Crippen LogP contribution in [0.4, 0.5) is 0 Å². The fraction of sp³-hybridized carbons (Fsp3) is 0.286. The van der Waals surface area contributed by atoms with Crippen LogP contribution in [-0.4, -0.2) is 47.1 Å². The molecular formula is C28H30N2O4. The van der Waals surface area contributed by atoms with Gasteiger partial charge in [0.15, 0.2) is 0 Å². The summed E-state index contributed by atoms with van der Waals surface area (Å²) >= 11 is 0. The SMILES string of the molecule is CN1[C@@H]2CC[C@H]1C[C@H](Oc1cccc(C(N)=O)c1)C2.O=C(O)c1ccc(-c2ccccc2)cc1. The maximum absolute atomic E-state index is 11.2. The summed E-state index contributed by atoms with van der Waals surface area (Å²) in [5.41, 5.74) is 8.23. The van der Waals surface area contributed by atoms with Crippen molar-refractivity contribution in [2.24, 2.45) is 5.73 Å². The van der Waals surface area contributed by atoms with E-state index >= 15 is 0 Å². The maximum atomic E-state index is 11.2. The van der Waals surface area contributed by atoms with Crippen LogP contribution in [0.5, 0.6) is 5.75 Å². The van der Waals surface area contributed by atoms with Crippen LogP contribution < -0.4 is 10.5 Å². The van der Waals surface area contributed by atoms with Crippen LogP contribution in [0.2, 0.25) is 0 Å². The molecule has 0 spiro atoms. The molecule has 5 rings (SSSR count). The number of carboxylic acid groups (broad SMARTS) is 1. The Morgan fingerprint density at radius 3 is 2.06 bits per heavy atom. The van der Waals surface area contributed by atoms with Gasteiger partial charge in [-0.25, -0.2) is 4.79 Å². The number of piperidine rings is 1. The van der Waals surface area contributed by atoms with Gasteiger partial charge in [-0.3, -0.25) is 4.79 Å². The number of hydrogen-bond acceptors (Lipinski definition) is 4. The molecular weight excluding hydrogens is 428 g/mol. The second kappa shape index (κ2) is 10.5. The molecule has 0 radical (unpaired) electrons. The van der Waals surface area contributed by atoms with E-state index in [2.05, 4.69) is 11.9 Å². The molecule has 3 aromatic carbocycles. The quantitative estimate of drug-likeness (QED) is 0.571. The number of aromatic carboxylic acids is 1. The van der Waals surface area contributed by atoms with E-state index < -0.39 is 11.9 Å². The minimum Gasteiger partial charge on any atom is -0.490 e. The molecule has 2 bridgehead atoms. The highest BCUT2D eigenvalue weighted by Gasteiger charge is 2.39. The van der Waals surface area contributed by atoms with Crippen molar-refractivity contribution in [2.45, 2.75) is 43.9 Å². The molecule has 3 atom stereocenters. The Bertz CT molecular complexity index is 1120. The molecule has 2 fully saturated rings. The lowest BCUT2D eigenvalue weighted by Gasteiger charge is -2.36. The van der Waals surface area contributed by atoms with Crippen LogP contribution in [0, 0.1) is 0 Å². The van der Waals surface area contributed by atoms with Gasteiger partial charge < -0.3 is 20.5 Å². The Balaban J connectivity index is 0.000000166. The van der Waals surface area contributed by atoms with Gasteiger partial charge >= 0.3 is 5.97 Å². The average Bonchev–Trinajstić information content (AvgIpc) is 3.05.